The molecule has 6 aromatic carbocycles. The zero-order chi connectivity index (χ0) is 33.0. The lowest BCUT2D eigenvalue weighted by molar-refractivity contribution is 1.17. The highest BCUT2D eigenvalue weighted by Crippen LogP contribution is 2.43. The SMILES string of the molecule is c1ccc(-c2nc(-c3ccc(-c4cccnc4)cc3)cc(-c3ccc(-n4c5ccccc5c5ccc6c7ccccc7sc6c54)cc3)n2)cc1. The lowest BCUT2D eigenvalue weighted by atomic mass is 10.0. The van der Waals surface area contributed by atoms with E-state index >= 15 is 0 Å². The summed E-state index contributed by atoms with van der Waals surface area (Å²) < 4.78 is 5.05. The predicted octanol–water partition coefficient (Wildman–Crippen LogP) is 12.0. The van der Waals surface area contributed by atoms with E-state index in [2.05, 4.69) is 143 Å². The van der Waals surface area contributed by atoms with Crippen molar-refractivity contribution >= 4 is 53.3 Å². The zero-order valence-corrected chi connectivity index (χ0v) is 27.7. The van der Waals surface area contributed by atoms with E-state index in [1.54, 1.807) is 6.20 Å². The lowest BCUT2D eigenvalue weighted by Crippen LogP contribution is -1.97. The third-order valence-electron chi connectivity index (χ3n) is 9.53. The van der Waals surface area contributed by atoms with Crippen molar-refractivity contribution < 1.29 is 0 Å². The summed E-state index contributed by atoms with van der Waals surface area (Å²) in [5.74, 6) is 0.702. The van der Waals surface area contributed by atoms with Gasteiger partial charge in [0.15, 0.2) is 5.82 Å². The number of aromatic nitrogens is 4. The second kappa shape index (κ2) is 11.6. The van der Waals surface area contributed by atoms with Crippen molar-refractivity contribution in [1.82, 2.24) is 19.5 Å². The Morgan fingerprint density at radius 3 is 1.86 bits per heavy atom. The van der Waals surface area contributed by atoms with Crippen LogP contribution in [0.2, 0.25) is 0 Å². The first-order valence-electron chi connectivity index (χ1n) is 16.7. The number of nitrogens with zero attached hydrogens (tertiary/aromatic N) is 4. The standard InChI is InChI=1S/C45H28N4S/c1-2-9-32(10-3-1)45-47-39(30-18-16-29(17-19-30)33-11-8-26-46-28-33)27-40(48-45)31-20-22-34(23-21-31)49-41-14-6-4-12-35(41)37-24-25-38-36-13-5-7-15-42(36)50-44(38)43(37)49/h1-28H. The Kier molecular flexibility index (Phi) is 6.64. The molecule has 4 aromatic heterocycles. The average molecular weight is 657 g/mol. The van der Waals surface area contributed by atoms with E-state index in [-0.39, 0.29) is 0 Å². The fraction of sp³-hybridized carbons (Fsp3) is 0. The predicted molar refractivity (Wildman–Crippen MR) is 209 cm³/mol. The molecule has 0 atom stereocenters. The van der Waals surface area contributed by atoms with Crippen LogP contribution in [0.1, 0.15) is 0 Å². The van der Waals surface area contributed by atoms with Gasteiger partial charge in [-0.15, -0.1) is 11.3 Å². The Hall–Kier alpha value is -6.43. The second-order valence-electron chi connectivity index (χ2n) is 12.5. The van der Waals surface area contributed by atoms with Crippen molar-refractivity contribution in [3.63, 3.8) is 0 Å². The molecule has 10 rings (SSSR count). The number of hydrogen-bond donors (Lipinski definition) is 0. The van der Waals surface area contributed by atoms with Gasteiger partial charge in [0.05, 0.1) is 27.1 Å². The molecule has 4 nitrogen and oxygen atoms in total. The maximum atomic E-state index is 5.10. The molecule has 0 radical (unpaired) electrons. The molecule has 0 saturated heterocycles. The fourth-order valence-electron chi connectivity index (χ4n) is 7.11. The summed E-state index contributed by atoms with van der Waals surface area (Å²) >= 11 is 1.87. The maximum absolute atomic E-state index is 5.10. The van der Waals surface area contributed by atoms with Crippen LogP contribution in [0.4, 0.5) is 0 Å². The van der Waals surface area contributed by atoms with Gasteiger partial charge in [-0.05, 0) is 47.5 Å². The summed E-state index contributed by atoms with van der Waals surface area (Å²) in [6.07, 6.45) is 3.68. The molecule has 4 heterocycles. The molecular formula is C45H28N4S. The van der Waals surface area contributed by atoms with Crippen molar-refractivity contribution in [2.24, 2.45) is 0 Å². The first-order chi connectivity index (χ1) is 24.8. The van der Waals surface area contributed by atoms with Crippen molar-refractivity contribution in [2.75, 3.05) is 0 Å². The van der Waals surface area contributed by atoms with Gasteiger partial charge in [0.25, 0.3) is 0 Å². The van der Waals surface area contributed by atoms with E-state index < -0.39 is 0 Å². The summed E-state index contributed by atoms with van der Waals surface area (Å²) in [6.45, 7) is 0. The van der Waals surface area contributed by atoms with Crippen molar-refractivity contribution in [2.45, 2.75) is 0 Å². The van der Waals surface area contributed by atoms with E-state index in [4.69, 9.17) is 9.97 Å². The number of thiophene rings is 1. The molecule has 10 aromatic rings. The number of fused-ring (bicyclic) bond motifs is 7. The molecule has 0 fully saturated rings. The molecule has 234 valence electrons. The van der Waals surface area contributed by atoms with Crippen LogP contribution in [-0.4, -0.2) is 19.5 Å². The minimum atomic E-state index is 0.702. The van der Waals surface area contributed by atoms with E-state index in [0.29, 0.717) is 5.82 Å². The maximum Gasteiger partial charge on any atom is 0.160 e. The minimum Gasteiger partial charge on any atom is -0.308 e. The van der Waals surface area contributed by atoms with Gasteiger partial charge in [-0.1, -0.05) is 121 Å². The van der Waals surface area contributed by atoms with E-state index in [9.17, 15) is 0 Å². The Bertz CT molecular complexity index is 2840. The van der Waals surface area contributed by atoms with Crippen LogP contribution in [0.15, 0.2) is 170 Å². The lowest BCUT2D eigenvalue weighted by Gasteiger charge is -2.12. The van der Waals surface area contributed by atoms with Crippen LogP contribution >= 0.6 is 11.3 Å². The third-order valence-corrected chi connectivity index (χ3v) is 10.7. The Morgan fingerprint density at radius 1 is 0.460 bits per heavy atom. The van der Waals surface area contributed by atoms with Crippen LogP contribution in [0.5, 0.6) is 0 Å². The molecule has 0 amide bonds. The highest BCUT2D eigenvalue weighted by molar-refractivity contribution is 7.26. The first kappa shape index (κ1) is 28.6. The minimum absolute atomic E-state index is 0.702. The van der Waals surface area contributed by atoms with Gasteiger partial charge in [-0.3, -0.25) is 4.98 Å². The number of benzene rings is 6. The largest absolute Gasteiger partial charge is 0.308 e. The molecule has 5 heteroatoms. The molecule has 0 bridgehead atoms. The Morgan fingerprint density at radius 2 is 1.10 bits per heavy atom. The molecule has 0 unspecified atom stereocenters. The van der Waals surface area contributed by atoms with E-state index in [0.717, 1.165) is 44.9 Å². The number of pyridine rings is 1. The summed E-state index contributed by atoms with van der Waals surface area (Å²) in [5, 5.41) is 5.14. The van der Waals surface area contributed by atoms with Gasteiger partial charge in [0.2, 0.25) is 0 Å². The van der Waals surface area contributed by atoms with Gasteiger partial charge in [0.1, 0.15) is 0 Å². The molecule has 0 aliphatic rings. The summed E-state index contributed by atoms with van der Waals surface area (Å²) in [7, 11) is 0. The van der Waals surface area contributed by atoms with Crippen molar-refractivity contribution in [1.29, 1.82) is 0 Å². The summed E-state index contributed by atoms with van der Waals surface area (Å²) in [5.41, 5.74) is 10.6. The van der Waals surface area contributed by atoms with Crippen LogP contribution in [-0.2, 0) is 0 Å². The zero-order valence-electron chi connectivity index (χ0n) is 26.9. The quantitative estimate of drug-likeness (QED) is 0.185. The molecular weight excluding hydrogens is 629 g/mol. The topological polar surface area (TPSA) is 43.6 Å². The molecule has 0 spiro atoms. The third kappa shape index (κ3) is 4.71. The van der Waals surface area contributed by atoms with Gasteiger partial charge in [-0.25, -0.2) is 9.97 Å². The van der Waals surface area contributed by atoms with Crippen LogP contribution in [0.3, 0.4) is 0 Å². The number of rotatable bonds is 5. The number of para-hydroxylation sites is 1. The number of hydrogen-bond acceptors (Lipinski definition) is 4. The Balaban J connectivity index is 1.11. The van der Waals surface area contributed by atoms with Gasteiger partial charge in [0, 0.05) is 61.0 Å². The van der Waals surface area contributed by atoms with Crippen LogP contribution < -0.4 is 0 Å². The van der Waals surface area contributed by atoms with Gasteiger partial charge < -0.3 is 4.57 Å². The molecule has 0 aliphatic carbocycles. The molecule has 0 N–H and O–H groups in total. The van der Waals surface area contributed by atoms with Gasteiger partial charge in [-0.2, -0.15) is 0 Å². The molecule has 0 aliphatic heterocycles. The van der Waals surface area contributed by atoms with E-state index in [1.165, 1.54) is 42.0 Å². The normalized spacial score (nSPS) is 11.6. The molecule has 50 heavy (non-hydrogen) atoms. The second-order valence-corrected chi connectivity index (χ2v) is 13.5. The fourth-order valence-corrected chi connectivity index (χ4v) is 8.35. The monoisotopic (exact) mass is 656 g/mol. The smallest absolute Gasteiger partial charge is 0.160 e. The van der Waals surface area contributed by atoms with Crippen molar-refractivity contribution in [3.05, 3.63) is 170 Å². The average Bonchev–Trinajstić information content (AvgIpc) is 3.75. The highest BCUT2D eigenvalue weighted by atomic mass is 32.1. The highest BCUT2D eigenvalue weighted by Gasteiger charge is 2.18. The summed E-state index contributed by atoms with van der Waals surface area (Å²) in [4.78, 5) is 14.4. The Labute approximate surface area is 292 Å². The van der Waals surface area contributed by atoms with E-state index in [1.807, 2.05) is 41.8 Å². The summed E-state index contributed by atoms with van der Waals surface area (Å²) in [6, 6.07) is 55.7. The van der Waals surface area contributed by atoms with Crippen molar-refractivity contribution in [3.8, 4) is 50.7 Å². The van der Waals surface area contributed by atoms with Crippen LogP contribution in [0, 0.1) is 0 Å². The van der Waals surface area contributed by atoms with Gasteiger partial charge >= 0.3 is 0 Å². The van der Waals surface area contributed by atoms with Crippen LogP contribution in [0.25, 0.3) is 92.7 Å². The molecule has 0 saturated carbocycles. The first-order valence-corrected chi connectivity index (χ1v) is 17.5.